The Morgan fingerprint density at radius 1 is 1.06 bits per heavy atom. The summed E-state index contributed by atoms with van der Waals surface area (Å²) in [5, 5.41) is 31.9. The summed E-state index contributed by atoms with van der Waals surface area (Å²) in [6.07, 6.45) is 4.05. The molecule has 1 aliphatic heterocycles. The second-order valence-electron chi connectivity index (χ2n) is 9.90. The van der Waals surface area contributed by atoms with Crippen molar-refractivity contribution < 1.29 is 24.9 Å². The number of aliphatic hydroxyl groups is 1. The van der Waals surface area contributed by atoms with E-state index in [1.54, 1.807) is 13.0 Å². The molecule has 3 N–H and O–H groups in total. The summed E-state index contributed by atoms with van der Waals surface area (Å²) in [6.45, 7) is 13.5. The third kappa shape index (κ3) is 6.23. The number of rotatable bonds is 8. The van der Waals surface area contributed by atoms with Crippen molar-refractivity contribution in [1.29, 1.82) is 0 Å². The van der Waals surface area contributed by atoms with Crippen molar-refractivity contribution in [3.8, 4) is 17.2 Å². The molecule has 0 aliphatic carbocycles. The largest absolute Gasteiger partial charge is 0.508 e. The van der Waals surface area contributed by atoms with Crippen molar-refractivity contribution >= 4 is 5.78 Å². The van der Waals surface area contributed by atoms with E-state index >= 15 is 0 Å². The molecule has 0 spiro atoms. The first-order chi connectivity index (χ1) is 16.5. The van der Waals surface area contributed by atoms with Crippen LogP contribution >= 0.6 is 0 Å². The quantitative estimate of drug-likeness (QED) is 0.389. The summed E-state index contributed by atoms with van der Waals surface area (Å²) in [5.41, 5.74) is 6.00. The number of hydrogen-bond acceptors (Lipinski definition) is 5. The second-order valence-corrected chi connectivity index (χ2v) is 9.90. The van der Waals surface area contributed by atoms with Gasteiger partial charge in [0.05, 0.1) is 18.1 Å². The molecule has 1 heterocycles. The van der Waals surface area contributed by atoms with Crippen LogP contribution in [0.15, 0.2) is 59.7 Å². The van der Waals surface area contributed by atoms with Crippen molar-refractivity contribution in [2.45, 2.75) is 72.5 Å². The molecule has 0 saturated heterocycles. The molecule has 1 aliphatic rings. The summed E-state index contributed by atoms with van der Waals surface area (Å²) in [7, 11) is 0. The molecule has 5 heteroatoms. The zero-order valence-corrected chi connectivity index (χ0v) is 21.3. The molecule has 0 radical (unpaired) electrons. The Morgan fingerprint density at radius 3 is 2.14 bits per heavy atom. The monoisotopic (exact) mass is 476 g/mol. The first-order valence-corrected chi connectivity index (χ1v) is 12.0. The Balaban J connectivity index is 2.07. The third-order valence-electron chi connectivity index (χ3n) is 6.26. The predicted molar refractivity (Wildman–Crippen MR) is 139 cm³/mol. The summed E-state index contributed by atoms with van der Waals surface area (Å²) < 4.78 is 6.35. The van der Waals surface area contributed by atoms with Gasteiger partial charge in [0, 0.05) is 12.0 Å². The maximum atomic E-state index is 13.1. The first kappa shape index (κ1) is 26.3. The van der Waals surface area contributed by atoms with Crippen molar-refractivity contribution in [1.82, 2.24) is 0 Å². The molecule has 2 aromatic rings. The van der Waals surface area contributed by atoms with Gasteiger partial charge in [0.2, 0.25) is 0 Å². The standard InChI is InChI=1S/C30H36O5/c1-17(2)7-9-20-13-22(14-21(29(20)34)10-8-18(3)4)28-16-27(33)23-11-12-25(31)24(30(23)35-28)15-26(32)19(5)6/h7-8,11-14,26,28,31-32,34H,5,9-10,15-16H2,1-4,6H3/t26?,28-/m0/s1. The molecule has 3 rings (SSSR count). The maximum absolute atomic E-state index is 13.1. The van der Waals surface area contributed by atoms with E-state index < -0.39 is 12.2 Å². The van der Waals surface area contributed by atoms with Gasteiger partial charge in [-0.2, -0.15) is 0 Å². The van der Waals surface area contributed by atoms with Gasteiger partial charge in [-0.3, -0.25) is 4.79 Å². The van der Waals surface area contributed by atoms with Crippen molar-refractivity contribution in [2.75, 3.05) is 0 Å². The molecule has 2 atom stereocenters. The van der Waals surface area contributed by atoms with Crippen LogP contribution < -0.4 is 4.74 Å². The van der Waals surface area contributed by atoms with E-state index in [2.05, 4.69) is 18.7 Å². The highest BCUT2D eigenvalue weighted by molar-refractivity contribution is 6.00. The van der Waals surface area contributed by atoms with Gasteiger partial charge in [-0.15, -0.1) is 0 Å². The number of Topliss-reactive ketones (excluding diaryl/α,β-unsaturated/α-hetero) is 1. The molecule has 0 saturated carbocycles. The third-order valence-corrected chi connectivity index (χ3v) is 6.26. The fourth-order valence-corrected chi connectivity index (χ4v) is 4.10. The molecule has 0 fully saturated rings. The molecule has 0 bridgehead atoms. The lowest BCUT2D eigenvalue weighted by molar-refractivity contribution is 0.0844. The second kappa shape index (κ2) is 11.0. The average Bonchev–Trinajstić information content (AvgIpc) is 2.78. The van der Waals surface area contributed by atoms with E-state index in [-0.39, 0.29) is 30.1 Å². The predicted octanol–water partition coefficient (Wildman–Crippen LogP) is 6.30. The fourth-order valence-electron chi connectivity index (χ4n) is 4.10. The Labute approximate surface area is 208 Å². The zero-order valence-electron chi connectivity index (χ0n) is 21.3. The van der Waals surface area contributed by atoms with Crippen molar-refractivity contribution in [2.24, 2.45) is 0 Å². The van der Waals surface area contributed by atoms with Crippen molar-refractivity contribution in [3.63, 3.8) is 0 Å². The SMILES string of the molecule is C=C(C)C(O)Cc1c(O)ccc2c1O[C@H](c1cc(CC=C(C)C)c(O)c(CC=C(C)C)c1)CC2=O. The lowest BCUT2D eigenvalue weighted by atomic mass is 9.89. The topological polar surface area (TPSA) is 87.0 Å². The minimum atomic E-state index is -0.869. The molecule has 0 amide bonds. The van der Waals surface area contributed by atoms with Gasteiger partial charge in [-0.1, -0.05) is 35.5 Å². The summed E-state index contributed by atoms with van der Waals surface area (Å²) in [6, 6.07) is 6.83. The molecule has 0 aromatic heterocycles. The van der Waals surface area contributed by atoms with E-state index in [9.17, 15) is 20.1 Å². The Bertz CT molecular complexity index is 1150. The summed E-state index contributed by atoms with van der Waals surface area (Å²) in [4.78, 5) is 13.1. The lowest BCUT2D eigenvalue weighted by Crippen LogP contribution is -2.23. The van der Waals surface area contributed by atoms with Crippen LogP contribution in [0.5, 0.6) is 17.2 Å². The highest BCUT2D eigenvalue weighted by Gasteiger charge is 2.32. The van der Waals surface area contributed by atoms with Crippen LogP contribution in [-0.2, 0) is 19.3 Å². The number of hydrogen-bond donors (Lipinski definition) is 3. The number of aromatic hydroxyl groups is 2. The molecular formula is C30H36O5. The van der Waals surface area contributed by atoms with Gasteiger partial charge >= 0.3 is 0 Å². The van der Waals surface area contributed by atoms with E-state index in [0.717, 1.165) is 27.8 Å². The smallest absolute Gasteiger partial charge is 0.170 e. The van der Waals surface area contributed by atoms with Crippen LogP contribution in [0.2, 0.25) is 0 Å². The van der Waals surface area contributed by atoms with Crippen LogP contribution in [0.25, 0.3) is 0 Å². The minimum absolute atomic E-state index is 0.0308. The van der Waals surface area contributed by atoms with Gasteiger partial charge in [-0.05, 0) is 88.4 Å². The van der Waals surface area contributed by atoms with E-state index in [4.69, 9.17) is 4.74 Å². The number of fused-ring (bicyclic) bond motifs is 1. The van der Waals surface area contributed by atoms with Gasteiger partial charge in [-0.25, -0.2) is 0 Å². The molecule has 35 heavy (non-hydrogen) atoms. The van der Waals surface area contributed by atoms with Gasteiger partial charge < -0.3 is 20.1 Å². The molecule has 186 valence electrons. The van der Waals surface area contributed by atoms with Crippen molar-refractivity contribution in [3.05, 3.63) is 87.5 Å². The maximum Gasteiger partial charge on any atom is 0.170 e. The Kier molecular flexibility index (Phi) is 8.23. The normalized spacial score (nSPS) is 15.6. The number of ether oxygens (including phenoxy) is 1. The minimum Gasteiger partial charge on any atom is -0.508 e. The number of carbonyl (C=O) groups excluding carboxylic acids is 1. The number of carbonyl (C=O) groups is 1. The number of allylic oxidation sites excluding steroid dienone is 4. The highest BCUT2D eigenvalue weighted by Crippen LogP contribution is 2.42. The van der Waals surface area contributed by atoms with Crippen LogP contribution in [0, 0.1) is 0 Å². The summed E-state index contributed by atoms with van der Waals surface area (Å²) in [5.74, 6) is 0.439. The number of phenolic OH excluding ortho intramolecular Hbond substituents is 2. The fraction of sp³-hybridized carbons (Fsp3) is 0.367. The van der Waals surface area contributed by atoms with E-state index in [1.807, 2.05) is 39.8 Å². The van der Waals surface area contributed by atoms with Gasteiger partial charge in [0.1, 0.15) is 23.4 Å². The zero-order chi connectivity index (χ0) is 25.9. The molecule has 2 aromatic carbocycles. The van der Waals surface area contributed by atoms with Crippen LogP contribution in [0.3, 0.4) is 0 Å². The highest BCUT2D eigenvalue weighted by atomic mass is 16.5. The number of phenols is 2. The summed E-state index contributed by atoms with van der Waals surface area (Å²) >= 11 is 0. The van der Waals surface area contributed by atoms with E-state index in [1.165, 1.54) is 6.07 Å². The van der Waals surface area contributed by atoms with Crippen LogP contribution in [0.1, 0.15) is 79.8 Å². The molecular weight excluding hydrogens is 440 g/mol. The first-order valence-electron chi connectivity index (χ1n) is 12.0. The lowest BCUT2D eigenvalue weighted by Gasteiger charge is -2.29. The number of benzene rings is 2. The Morgan fingerprint density at radius 2 is 1.63 bits per heavy atom. The number of aliphatic hydroxyl groups excluding tert-OH is 1. The average molecular weight is 477 g/mol. The number of ketones is 1. The molecule has 5 nitrogen and oxygen atoms in total. The van der Waals surface area contributed by atoms with Gasteiger partial charge in [0.15, 0.2) is 5.78 Å². The van der Waals surface area contributed by atoms with E-state index in [0.29, 0.717) is 35.3 Å². The van der Waals surface area contributed by atoms with Gasteiger partial charge in [0.25, 0.3) is 0 Å². The Hall–Kier alpha value is -3.31. The molecule has 1 unspecified atom stereocenters. The van der Waals surface area contributed by atoms with Crippen LogP contribution in [0.4, 0.5) is 0 Å². The van der Waals surface area contributed by atoms with Crippen LogP contribution in [-0.4, -0.2) is 27.2 Å².